The Bertz CT molecular complexity index is 110. The molecule has 4 nitrogen and oxygen atoms in total. The molecule has 0 aromatic rings. The SMILES string of the molecule is OCC(O)CS.OCCCCCS.OCCCS. The zero-order valence-electron chi connectivity index (χ0n) is 10.8. The number of hydrogen-bond donors (Lipinski definition) is 7. The summed E-state index contributed by atoms with van der Waals surface area (Å²) in [7, 11) is 0. The molecule has 4 N–H and O–H groups in total. The summed E-state index contributed by atoms with van der Waals surface area (Å²) in [5.41, 5.74) is 0. The van der Waals surface area contributed by atoms with E-state index in [1.807, 2.05) is 0 Å². The van der Waals surface area contributed by atoms with Gasteiger partial charge in [-0.05, 0) is 30.8 Å². The highest BCUT2D eigenvalue weighted by atomic mass is 32.1. The smallest absolute Gasteiger partial charge is 0.0858 e. The maximum atomic E-state index is 8.34. The molecule has 7 heteroatoms. The summed E-state index contributed by atoms with van der Waals surface area (Å²) < 4.78 is 0. The number of aliphatic hydroxyl groups excluding tert-OH is 4. The molecule has 18 heavy (non-hydrogen) atoms. The van der Waals surface area contributed by atoms with Crippen LogP contribution < -0.4 is 0 Å². The third-order valence-corrected chi connectivity index (χ3v) is 2.61. The van der Waals surface area contributed by atoms with Gasteiger partial charge in [0.05, 0.1) is 12.7 Å². The zero-order valence-corrected chi connectivity index (χ0v) is 13.5. The Morgan fingerprint density at radius 2 is 1.22 bits per heavy atom. The molecule has 114 valence electrons. The highest BCUT2D eigenvalue weighted by Gasteiger charge is 1.93. The Balaban J connectivity index is -0.000000190. The molecule has 0 bridgehead atoms. The van der Waals surface area contributed by atoms with Crippen LogP contribution >= 0.6 is 37.9 Å². The first-order valence-electron chi connectivity index (χ1n) is 5.97. The van der Waals surface area contributed by atoms with E-state index in [4.69, 9.17) is 20.4 Å². The lowest BCUT2D eigenvalue weighted by Gasteiger charge is -1.96. The van der Waals surface area contributed by atoms with Crippen molar-refractivity contribution in [1.29, 1.82) is 0 Å². The van der Waals surface area contributed by atoms with Gasteiger partial charge in [-0.3, -0.25) is 0 Å². The molecule has 0 aromatic carbocycles. The van der Waals surface area contributed by atoms with Crippen LogP contribution in [0, 0.1) is 0 Å². The lowest BCUT2D eigenvalue weighted by atomic mass is 10.3. The fourth-order valence-corrected chi connectivity index (χ4v) is 1.01. The second kappa shape index (κ2) is 26.5. The molecule has 0 aromatic heterocycles. The first kappa shape index (κ1) is 23.9. The molecule has 0 radical (unpaired) electrons. The van der Waals surface area contributed by atoms with Crippen LogP contribution in [-0.4, -0.2) is 63.6 Å². The van der Waals surface area contributed by atoms with E-state index in [1.165, 1.54) is 0 Å². The van der Waals surface area contributed by atoms with Crippen LogP contribution in [0.15, 0.2) is 0 Å². The van der Waals surface area contributed by atoms with Crippen LogP contribution in [-0.2, 0) is 0 Å². The fourth-order valence-electron chi connectivity index (χ4n) is 0.529. The number of aliphatic hydroxyl groups is 4. The Hall–Kier alpha value is 0.890. The first-order chi connectivity index (χ1) is 8.64. The van der Waals surface area contributed by atoms with Crippen molar-refractivity contribution in [2.75, 3.05) is 37.1 Å². The summed E-state index contributed by atoms with van der Waals surface area (Å²) in [4.78, 5) is 0. The molecule has 0 saturated heterocycles. The van der Waals surface area contributed by atoms with E-state index < -0.39 is 6.10 Å². The maximum Gasteiger partial charge on any atom is 0.0858 e. The average molecular weight is 321 g/mol. The van der Waals surface area contributed by atoms with E-state index in [9.17, 15) is 0 Å². The largest absolute Gasteiger partial charge is 0.396 e. The van der Waals surface area contributed by atoms with Gasteiger partial charge in [-0.1, -0.05) is 6.42 Å². The van der Waals surface area contributed by atoms with Crippen LogP contribution in [0.5, 0.6) is 0 Å². The third-order valence-electron chi connectivity index (χ3n) is 1.55. The van der Waals surface area contributed by atoms with Gasteiger partial charge in [0.2, 0.25) is 0 Å². The van der Waals surface area contributed by atoms with Crippen LogP contribution in [0.4, 0.5) is 0 Å². The molecular weight excluding hydrogens is 292 g/mol. The predicted molar refractivity (Wildman–Crippen MR) is 87.3 cm³/mol. The summed E-state index contributed by atoms with van der Waals surface area (Å²) in [6.07, 6.45) is 3.33. The lowest BCUT2D eigenvalue weighted by Crippen LogP contribution is -2.12. The normalized spacial score (nSPS) is 10.8. The minimum absolute atomic E-state index is 0.191. The molecule has 1 unspecified atom stereocenters. The summed E-state index contributed by atoms with van der Waals surface area (Å²) in [5.74, 6) is 2.06. The van der Waals surface area contributed by atoms with Gasteiger partial charge in [-0.25, -0.2) is 0 Å². The minimum Gasteiger partial charge on any atom is -0.396 e. The average Bonchev–Trinajstić information content (AvgIpc) is 2.41. The van der Waals surface area contributed by atoms with Crippen molar-refractivity contribution < 1.29 is 20.4 Å². The van der Waals surface area contributed by atoms with E-state index in [1.54, 1.807) is 0 Å². The van der Waals surface area contributed by atoms with Crippen molar-refractivity contribution in [2.45, 2.75) is 31.8 Å². The van der Waals surface area contributed by atoms with Crippen molar-refractivity contribution in [3.63, 3.8) is 0 Å². The Morgan fingerprint density at radius 3 is 1.39 bits per heavy atom. The van der Waals surface area contributed by atoms with E-state index in [-0.39, 0.29) is 13.2 Å². The van der Waals surface area contributed by atoms with Crippen molar-refractivity contribution >= 4 is 37.9 Å². The van der Waals surface area contributed by atoms with Crippen LogP contribution in [0.2, 0.25) is 0 Å². The van der Waals surface area contributed by atoms with Gasteiger partial charge in [-0.2, -0.15) is 37.9 Å². The standard InChI is InChI=1S/C5H12OS.C3H8O2S.C3H8OS/c6-4-2-1-3-5-7;4-1-3(5)2-6;4-2-1-3-5/h6-7H,1-5H2;3-6H,1-2H2;4-5H,1-3H2. The highest BCUT2D eigenvalue weighted by Crippen LogP contribution is 1.94. The number of unbranched alkanes of at least 4 members (excludes halogenated alkanes) is 2. The monoisotopic (exact) mass is 320 g/mol. The Kier molecular flexibility index (Phi) is 35.2. The molecule has 0 aliphatic carbocycles. The van der Waals surface area contributed by atoms with Crippen molar-refractivity contribution in [3.05, 3.63) is 0 Å². The molecule has 1 atom stereocenters. The molecule has 0 spiro atoms. The zero-order chi connectivity index (χ0) is 14.6. The Morgan fingerprint density at radius 1 is 0.722 bits per heavy atom. The molecule has 0 aliphatic rings. The molecule has 0 aliphatic heterocycles. The van der Waals surface area contributed by atoms with E-state index >= 15 is 0 Å². The molecule has 0 fully saturated rings. The van der Waals surface area contributed by atoms with Crippen molar-refractivity contribution in [2.24, 2.45) is 0 Å². The number of thiol groups is 3. The van der Waals surface area contributed by atoms with E-state index in [0.29, 0.717) is 12.4 Å². The first-order valence-corrected chi connectivity index (χ1v) is 7.87. The van der Waals surface area contributed by atoms with Gasteiger partial charge in [0.1, 0.15) is 0 Å². The second-order valence-electron chi connectivity index (χ2n) is 3.33. The molecule has 0 rings (SSSR count). The third kappa shape index (κ3) is 36.0. The maximum absolute atomic E-state index is 8.34. The van der Waals surface area contributed by atoms with Gasteiger partial charge in [0.25, 0.3) is 0 Å². The van der Waals surface area contributed by atoms with E-state index in [0.717, 1.165) is 37.2 Å². The van der Waals surface area contributed by atoms with Gasteiger partial charge in [0.15, 0.2) is 0 Å². The molecule has 0 amide bonds. The van der Waals surface area contributed by atoms with Gasteiger partial charge in [-0.15, -0.1) is 0 Å². The minimum atomic E-state index is -0.645. The van der Waals surface area contributed by atoms with Gasteiger partial charge < -0.3 is 20.4 Å². The topological polar surface area (TPSA) is 80.9 Å². The molecular formula is C11H28O4S3. The van der Waals surface area contributed by atoms with Crippen LogP contribution in [0.3, 0.4) is 0 Å². The summed E-state index contributed by atoms with van der Waals surface area (Å²) in [5, 5.41) is 32.7. The van der Waals surface area contributed by atoms with Crippen molar-refractivity contribution in [3.8, 4) is 0 Å². The Labute approximate surface area is 127 Å². The quantitative estimate of drug-likeness (QED) is 0.265. The van der Waals surface area contributed by atoms with Gasteiger partial charge in [0, 0.05) is 19.0 Å². The molecule has 0 heterocycles. The number of rotatable bonds is 8. The number of hydrogen-bond acceptors (Lipinski definition) is 7. The van der Waals surface area contributed by atoms with Crippen molar-refractivity contribution in [1.82, 2.24) is 0 Å². The van der Waals surface area contributed by atoms with Crippen LogP contribution in [0.1, 0.15) is 25.7 Å². The highest BCUT2D eigenvalue weighted by molar-refractivity contribution is 7.80. The molecule has 0 saturated carbocycles. The predicted octanol–water partition coefficient (Wildman–Crippen LogP) is 0.647. The second-order valence-corrected chi connectivity index (χ2v) is 4.59. The fraction of sp³-hybridized carbons (Fsp3) is 1.00. The van der Waals surface area contributed by atoms with Gasteiger partial charge >= 0.3 is 0 Å². The summed E-state index contributed by atoms with van der Waals surface area (Å²) >= 11 is 11.5. The van der Waals surface area contributed by atoms with Crippen LogP contribution in [0.25, 0.3) is 0 Å². The lowest BCUT2D eigenvalue weighted by molar-refractivity contribution is 0.114. The van der Waals surface area contributed by atoms with E-state index in [2.05, 4.69) is 37.9 Å². The summed E-state index contributed by atoms with van der Waals surface area (Å²) in [6, 6.07) is 0. The summed E-state index contributed by atoms with van der Waals surface area (Å²) in [6.45, 7) is 0.404.